The predicted octanol–water partition coefficient (Wildman–Crippen LogP) is 4.43. The Morgan fingerprint density at radius 2 is 1.92 bits per heavy atom. The number of rotatable bonds is 5. The Balaban J connectivity index is 1.63. The van der Waals surface area contributed by atoms with Gasteiger partial charge in [-0.15, -0.1) is 0 Å². The van der Waals surface area contributed by atoms with Crippen molar-refractivity contribution in [1.82, 2.24) is 5.32 Å². The molecular weight excluding hydrogens is 328 g/mol. The van der Waals surface area contributed by atoms with Crippen molar-refractivity contribution in [2.24, 2.45) is 0 Å². The Morgan fingerprint density at radius 3 is 2.67 bits per heavy atom. The number of para-hydroxylation sites is 3. The number of carbonyl (C=O) groups excluding carboxylic acids is 1. The van der Waals surface area contributed by atoms with Gasteiger partial charge in [-0.05, 0) is 37.1 Å². The quantitative estimate of drug-likeness (QED) is 0.841. The summed E-state index contributed by atoms with van der Waals surface area (Å²) in [5, 5.41) is 6.13. The van der Waals surface area contributed by atoms with Gasteiger partial charge in [-0.3, -0.25) is 0 Å². The summed E-state index contributed by atoms with van der Waals surface area (Å²) in [5.74, 6) is 1.06. The number of urea groups is 1. The molecule has 0 aliphatic carbocycles. The van der Waals surface area contributed by atoms with Crippen molar-refractivity contribution in [3.05, 3.63) is 53.6 Å². The number of nitrogens with one attached hydrogen (secondary N) is 2. The first kappa shape index (κ1) is 16.6. The SMILES string of the molecule is O=C(NCC1CCCO1)Nc1ccccc1Oc1ccccc1Cl. The van der Waals surface area contributed by atoms with Crippen LogP contribution in [0.15, 0.2) is 48.5 Å². The molecule has 1 unspecified atom stereocenters. The van der Waals surface area contributed by atoms with Crippen LogP contribution >= 0.6 is 11.6 Å². The number of hydrogen-bond acceptors (Lipinski definition) is 3. The number of ether oxygens (including phenoxy) is 2. The van der Waals surface area contributed by atoms with Gasteiger partial charge in [0.2, 0.25) is 0 Å². The Kier molecular flexibility index (Phi) is 5.56. The van der Waals surface area contributed by atoms with E-state index in [1.165, 1.54) is 0 Å². The minimum absolute atomic E-state index is 0.102. The van der Waals surface area contributed by atoms with E-state index in [0.717, 1.165) is 19.4 Å². The van der Waals surface area contributed by atoms with Crippen LogP contribution < -0.4 is 15.4 Å². The Labute approximate surface area is 145 Å². The van der Waals surface area contributed by atoms with Crippen molar-refractivity contribution in [1.29, 1.82) is 0 Å². The summed E-state index contributed by atoms with van der Waals surface area (Å²) in [6.07, 6.45) is 2.12. The molecule has 1 heterocycles. The van der Waals surface area contributed by atoms with E-state index in [-0.39, 0.29) is 12.1 Å². The van der Waals surface area contributed by atoms with Gasteiger partial charge in [-0.1, -0.05) is 35.9 Å². The Hall–Kier alpha value is -2.24. The second-order valence-electron chi connectivity index (χ2n) is 5.50. The topological polar surface area (TPSA) is 59.6 Å². The minimum Gasteiger partial charge on any atom is -0.454 e. The molecule has 1 saturated heterocycles. The molecule has 24 heavy (non-hydrogen) atoms. The molecule has 2 amide bonds. The van der Waals surface area contributed by atoms with E-state index in [2.05, 4.69) is 10.6 Å². The van der Waals surface area contributed by atoms with E-state index in [4.69, 9.17) is 21.1 Å². The van der Waals surface area contributed by atoms with Crippen LogP contribution in [0.1, 0.15) is 12.8 Å². The molecule has 126 valence electrons. The maximum absolute atomic E-state index is 12.1. The first-order chi connectivity index (χ1) is 11.7. The van der Waals surface area contributed by atoms with Crippen LogP contribution in [0.25, 0.3) is 0 Å². The maximum Gasteiger partial charge on any atom is 0.319 e. The van der Waals surface area contributed by atoms with Gasteiger partial charge >= 0.3 is 6.03 Å². The van der Waals surface area contributed by atoms with Gasteiger partial charge in [0, 0.05) is 13.2 Å². The van der Waals surface area contributed by atoms with Crippen LogP contribution in [0.5, 0.6) is 11.5 Å². The number of benzene rings is 2. The first-order valence-corrected chi connectivity index (χ1v) is 8.28. The third-order valence-electron chi connectivity index (χ3n) is 3.71. The summed E-state index contributed by atoms with van der Waals surface area (Å²) in [6.45, 7) is 1.27. The third kappa shape index (κ3) is 4.40. The summed E-state index contributed by atoms with van der Waals surface area (Å²) >= 11 is 6.12. The molecule has 6 heteroatoms. The van der Waals surface area contributed by atoms with Crippen molar-refractivity contribution in [2.75, 3.05) is 18.5 Å². The predicted molar refractivity (Wildman–Crippen MR) is 94.0 cm³/mol. The lowest BCUT2D eigenvalue weighted by Crippen LogP contribution is -2.35. The summed E-state index contributed by atoms with van der Waals surface area (Å²) in [5.41, 5.74) is 0.572. The zero-order valence-electron chi connectivity index (χ0n) is 13.1. The number of carbonyl (C=O) groups is 1. The molecule has 2 aromatic rings. The lowest BCUT2D eigenvalue weighted by atomic mass is 10.2. The van der Waals surface area contributed by atoms with E-state index >= 15 is 0 Å². The normalized spacial score (nSPS) is 16.6. The van der Waals surface area contributed by atoms with E-state index in [0.29, 0.717) is 28.8 Å². The molecule has 0 saturated carbocycles. The highest BCUT2D eigenvalue weighted by atomic mass is 35.5. The molecule has 0 bridgehead atoms. The van der Waals surface area contributed by atoms with Crippen LogP contribution in [0.3, 0.4) is 0 Å². The van der Waals surface area contributed by atoms with Crippen molar-refractivity contribution >= 4 is 23.3 Å². The summed E-state index contributed by atoms with van der Waals surface area (Å²) in [7, 11) is 0. The monoisotopic (exact) mass is 346 g/mol. The molecule has 1 fully saturated rings. The zero-order valence-corrected chi connectivity index (χ0v) is 13.9. The fraction of sp³-hybridized carbons (Fsp3) is 0.278. The summed E-state index contributed by atoms with van der Waals surface area (Å²) < 4.78 is 11.3. The lowest BCUT2D eigenvalue weighted by molar-refractivity contribution is 0.112. The van der Waals surface area contributed by atoms with Crippen molar-refractivity contribution in [3.63, 3.8) is 0 Å². The molecule has 5 nitrogen and oxygen atoms in total. The standard InChI is InChI=1S/C18H19ClN2O3/c19-14-7-1-3-9-16(14)24-17-10-4-2-8-15(17)21-18(22)20-12-13-6-5-11-23-13/h1-4,7-10,13H,5-6,11-12H2,(H2,20,21,22). The van der Waals surface area contributed by atoms with Gasteiger partial charge < -0.3 is 20.1 Å². The van der Waals surface area contributed by atoms with Crippen molar-refractivity contribution < 1.29 is 14.3 Å². The van der Waals surface area contributed by atoms with Gasteiger partial charge in [-0.2, -0.15) is 0 Å². The average Bonchev–Trinajstić information content (AvgIpc) is 3.10. The fourth-order valence-electron chi connectivity index (χ4n) is 2.48. The Morgan fingerprint density at radius 1 is 1.17 bits per heavy atom. The molecule has 0 radical (unpaired) electrons. The van der Waals surface area contributed by atoms with Crippen LogP contribution in [-0.4, -0.2) is 25.3 Å². The number of halogens is 1. The molecule has 1 aliphatic rings. The maximum atomic E-state index is 12.1. The molecule has 3 rings (SSSR count). The van der Waals surface area contributed by atoms with Gasteiger partial charge in [0.25, 0.3) is 0 Å². The van der Waals surface area contributed by atoms with Gasteiger partial charge in [0.15, 0.2) is 5.75 Å². The van der Waals surface area contributed by atoms with E-state index in [9.17, 15) is 4.79 Å². The smallest absolute Gasteiger partial charge is 0.319 e. The molecule has 0 spiro atoms. The van der Waals surface area contributed by atoms with Crippen molar-refractivity contribution in [3.8, 4) is 11.5 Å². The summed E-state index contributed by atoms with van der Waals surface area (Å²) in [4.78, 5) is 12.1. The Bertz CT molecular complexity index is 702. The van der Waals surface area contributed by atoms with Gasteiger partial charge in [0.05, 0.1) is 16.8 Å². The molecule has 2 aromatic carbocycles. The minimum atomic E-state index is -0.291. The second-order valence-corrected chi connectivity index (χ2v) is 5.91. The third-order valence-corrected chi connectivity index (χ3v) is 4.02. The lowest BCUT2D eigenvalue weighted by Gasteiger charge is -2.15. The van der Waals surface area contributed by atoms with Crippen LogP contribution in [0.2, 0.25) is 5.02 Å². The highest BCUT2D eigenvalue weighted by molar-refractivity contribution is 6.32. The van der Waals surface area contributed by atoms with Crippen molar-refractivity contribution in [2.45, 2.75) is 18.9 Å². The van der Waals surface area contributed by atoms with E-state index in [1.54, 1.807) is 24.3 Å². The molecular formula is C18H19ClN2O3. The van der Waals surface area contributed by atoms with E-state index < -0.39 is 0 Å². The largest absolute Gasteiger partial charge is 0.454 e. The molecule has 0 aromatic heterocycles. The highest BCUT2D eigenvalue weighted by Crippen LogP contribution is 2.33. The van der Waals surface area contributed by atoms with Crippen LogP contribution in [-0.2, 0) is 4.74 Å². The number of amides is 2. The van der Waals surface area contributed by atoms with Crippen LogP contribution in [0, 0.1) is 0 Å². The molecule has 2 N–H and O–H groups in total. The first-order valence-electron chi connectivity index (χ1n) is 7.90. The van der Waals surface area contributed by atoms with Gasteiger partial charge in [-0.25, -0.2) is 4.79 Å². The van der Waals surface area contributed by atoms with Gasteiger partial charge in [0.1, 0.15) is 5.75 Å². The number of hydrogen-bond donors (Lipinski definition) is 2. The zero-order chi connectivity index (χ0) is 16.8. The second kappa shape index (κ2) is 8.04. The highest BCUT2D eigenvalue weighted by Gasteiger charge is 2.16. The average molecular weight is 347 g/mol. The molecule has 1 aliphatic heterocycles. The molecule has 1 atom stereocenters. The van der Waals surface area contributed by atoms with Crippen LogP contribution in [0.4, 0.5) is 10.5 Å². The summed E-state index contributed by atoms with van der Waals surface area (Å²) in [6, 6.07) is 14.1. The fourth-order valence-corrected chi connectivity index (χ4v) is 2.66. The number of anilines is 1. The van der Waals surface area contributed by atoms with E-state index in [1.807, 2.05) is 24.3 Å².